The molecule has 1 N–H and O–H groups in total. The third kappa shape index (κ3) is 4.09. The highest BCUT2D eigenvalue weighted by atomic mass is 16.5. The van der Waals surface area contributed by atoms with Gasteiger partial charge in [-0.15, -0.1) is 0 Å². The molecular formula is C17H20N2O4. The molecule has 0 bridgehead atoms. The maximum absolute atomic E-state index is 12.2. The molecule has 1 aliphatic carbocycles. The van der Waals surface area contributed by atoms with E-state index in [4.69, 9.17) is 4.74 Å². The highest BCUT2D eigenvalue weighted by Gasteiger charge is 2.38. The number of ether oxygens (including phenoxy) is 1. The molecule has 1 aromatic rings. The smallest absolute Gasteiger partial charge is 0.316 e. The van der Waals surface area contributed by atoms with Crippen molar-refractivity contribution in [2.75, 3.05) is 18.4 Å². The fourth-order valence-electron chi connectivity index (χ4n) is 2.73. The molecule has 122 valence electrons. The molecule has 2 amide bonds. The van der Waals surface area contributed by atoms with Gasteiger partial charge in [-0.05, 0) is 43.0 Å². The third-order valence-corrected chi connectivity index (χ3v) is 4.12. The first-order chi connectivity index (χ1) is 11.0. The molecular weight excluding hydrogens is 296 g/mol. The van der Waals surface area contributed by atoms with Crippen molar-refractivity contribution < 1.29 is 19.1 Å². The Morgan fingerprint density at radius 3 is 2.57 bits per heavy atom. The van der Waals surface area contributed by atoms with Gasteiger partial charge in [-0.1, -0.05) is 0 Å². The topological polar surface area (TPSA) is 75.7 Å². The summed E-state index contributed by atoms with van der Waals surface area (Å²) in [5.74, 6) is 0.155. The van der Waals surface area contributed by atoms with Crippen LogP contribution < -0.4 is 10.1 Å². The Kier molecular flexibility index (Phi) is 4.32. The summed E-state index contributed by atoms with van der Waals surface area (Å²) in [6.07, 6.45) is 2.59. The fourth-order valence-corrected chi connectivity index (χ4v) is 2.73. The van der Waals surface area contributed by atoms with E-state index in [-0.39, 0.29) is 24.2 Å². The van der Waals surface area contributed by atoms with Gasteiger partial charge < -0.3 is 15.0 Å². The van der Waals surface area contributed by atoms with Gasteiger partial charge in [-0.3, -0.25) is 14.4 Å². The van der Waals surface area contributed by atoms with Crippen LogP contribution in [0.4, 0.5) is 5.69 Å². The lowest BCUT2D eigenvalue weighted by molar-refractivity contribution is -0.139. The second-order valence-corrected chi connectivity index (χ2v) is 6.27. The molecule has 1 heterocycles. The first kappa shape index (κ1) is 15.5. The Hall–Kier alpha value is -2.37. The number of nitrogens with one attached hydrogen (secondary N) is 1. The molecule has 1 aromatic carbocycles. The SMILES string of the molecule is CC(=O)Nc1ccc(OC(=O)C2CC(=O)N(CC3CC3)C2)cc1. The van der Waals surface area contributed by atoms with Crippen LogP contribution in [0.15, 0.2) is 24.3 Å². The van der Waals surface area contributed by atoms with Crippen molar-refractivity contribution in [3.05, 3.63) is 24.3 Å². The summed E-state index contributed by atoms with van der Waals surface area (Å²) < 4.78 is 5.35. The maximum atomic E-state index is 12.2. The second kappa shape index (κ2) is 6.40. The number of nitrogens with zero attached hydrogens (tertiary/aromatic N) is 1. The lowest BCUT2D eigenvalue weighted by Crippen LogP contribution is -2.29. The van der Waals surface area contributed by atoms with Gasteiger partial charge in [0, 0.05) is 32.1 Å². The molecule has 1 saturated heterocycles. The third-order valence-electron chi connectivity index (χ3n) is 4.12. The van der Waals surface area contributed by atoms with E-state index in [9.17, 15) is 14.4 Å². The predicted octanol–water partition coefficient (Wildman–Crippen LogP) is 1.81. The molecule has 0 spiro atoms. The summed E-state index contributed by atoms with van der Waals surface area (Å²) in [7, 11) is 0. The van der Waals surface area contributed by atoms with Gasteiger partial charge in [0.2, 0.25) is 11.8 Å². The van der Waals surface area contributed by atoms with E-state index in [2.05, 4.69) is 5.32 Å². The van der Waals surface area contributed by atoms with Crippen LogP contribution in [0.5, 0.6) is 5.75 Å². The zero-order chi connectivity index (χ0) is 16.4. The van der Waals surface area contributed by atoms with Crippen molar-refractivity contribution in [3.8, 4) is 5.75 Å². The first-order valence-corrected chi connectivity index (χ1v) is 7.88. The summed E-state index contributed by atoms with van der Waals surface area (Å²) in [5.41, 5.74) is 0.643. The van der Waals surface area contributed by atoms with E-state index in [0.29, 0.717) is 23.9 Å². The van der Waals surface area contributed by atoms with Crippen LogP contribution in [0, 0.1) is 11.8 Å². The average molecular weight is 316 g/mol. The van der Waals surface area contributed by atoms with Gasteiger partial charge >= 0.3 is 5.97 Å². The van der Waals surface area contributed by atoms with Crippen molar-refractivity contribution in [3.63, 3.8) is 0 Å². The summed E-state index contributed by atoms with van der Waals surface area (Å²) in [6.45, 7) is 2.66. The van der Waals surface area contributed by atoms with E-state index in [1.54, 1.807) is 29.2 Å². The monoisotopic (exact) mass is 316 g/mol. The van der Waals surface area contributed by atoms with Gasteiger partial charge in [-0.2, -0.15) is 0 Å². The minimum absolute atomic E-state index is 0.0415. The molecule has 6 nitrogen and oxygen atoms in total. The molecule has 1 saturated carbocycles. The van der Waals surface area contributed by atoms with Gasteiger partial charge in [0.15, 0.2) is 0 Å². The van der Waals surface area contributed by atoms with Crippen LogP contribution in [0.1, 0.15) is 26.2 Å². The van der Waals surface area contributed by atoms with E-state index in [0.717, 1.165) is 6.54 Å². The van der Waals surface area contributed by atoms with Gasteiger partial charge in [-0.25, -0.2) is 0 Å². The number of anilines is 1. The Labute approximate surface area is 134 Å². The quantitative estimate of drug-likeness (QED) is 0.664. The molecule has 0 aromatic heterocycles. The zero-order valence-corrected chi connectivity index (χ0v) is 13.1. The number of esters is 1. The van der Waals surface area contributed by atoms with Crippen molar-refractivity contribution in [2.24, 2.45) is 11.8 Å². The van der Waals surface area contributed by atoms with Crippen molar-refractivity contribution in [1.29, 1.82) is 0 Å². The molecule has 3 rings (SSSR count). The number of rotatable bonds is 5. The number of hydrogen-bond acceptors (Lipinski definition) is 4. The molecule has 6 heteroatoms. The highest BCUT2D eigenvalue weighted by Crippen LogP contribution is 2.32. The van der Waals surface area contributed by atoms with Crippen LogP contribution in [-0.4, -0.2) is 35.8 Å². The summed E-state index contributed by atoms with van der Waals surface area (Å²) >= 11 is 0. The Bertz CT molecular complexity index is 622. The van der Waals surface area contributed by atoms with Crippen LogP contribution >= 0.6 is 0 Å². The summed E-state index contributed by atoms with van der Waals surface area (Å²) in [5, 5.41) is 2.65. The lowest BCUT2D eigenvalue weighted by atomic mass is 10.1. The van der Waals surface area contributed by atoms with Crippen LogP contribution in [0.25, 0.3) is 0 Å². The predicted molar refractivity (Wildman–Crippen MR) is 83.8 cm³/mol. The van der Waals surface area contributed by atoms with Crippen LogP contribution in [0.3, 0.4) is 0 Å². The Morgan fingerprint density at radius 2 is 1.96 bits per heavy atom. The molecule has 2 fully saturated rings. The second-order valence-electron chi connectivity index (χ2n) is 6.27. The minimum Gasteiger partial charge on any atom is -0.426 e. The molecule has 23 heavy (non-hydrogen) atoms. The van der Waals surface area contributed by atoms with Crippen LogP contribution in [-0.2, 0) is 14.4 Å². The largest absolute Gasteiger partial charge is 0.426 e. The molecule has 1 unspecified atom stereocenters. The normalized spacial score (nSPS) is 20.5. The molecule has 2 aliphatic rings. The van der Waals surface area contributed by atoms with Crippen LogP contribution in [0.2, 0.25) is 0 Å². The summed E-state index contributed by atoms with van der Waals surface area (Å²) in [4.78, 5) is 36.9. The molecule has 0 radical (unpaired) electrons. The number of benzene rings is 1. The minimum atomic E-state index is -0.392. The van der Waals surface area contributed by atoms with Gasteiger partial charge in [0.1, 0.15) is 5.75 Å². The number of carbonyl (C=O) groups excluding carboxylic acids is 3. The van der Waals surface area contributed by atoms with Gasteiger partial charge in [0.05, 0.1) is 5.92 Å². The van der Waals surface area contributed by atoms with Gasteiger partial charge in [0.25, 0.3) is 0 Å². The summed E-state index contributed by atoms with van der Waals surface area (Å²) in [6, 6.07) is 6.59. The number of likely N-dealkylation sites (tertiary alicyclic amines) is 1. The zero-order valence-electron chi connectivity index (χ0n) is 13.1. The maximum Gasteiger partial charge on any atom is 0.316 e. The number of hydrogen-bond donors (Lipinski definition) is 1. The van der Waals surface area contributed by atoms with E-state index in [1.807, 2.05) is 0 Å². The first-order valence-electron chi connectivity index (χ1n) is 7.88. The standard InChI is InChI=1S/C17H20N2O4/c1-11(20)18-14-4-6-15(7-5-14)23-17(22)13-8-16(21)19(10-13)9-12-2-3-12/h4-7,12-13H,2-3,8-10H2,1H3,(H,18,20). The van der Waals surface area contributed by atoms with E-state index in [1.165, 1.54) is 19.8 Å². The number of carbonyl (C=O) groups is 3. The average Bonchev–Trinajstić information content (AvgIpc) is 3.23. The van der Waals surface area contributed by atoms with Crippen molar-refractivity contribution >= 4 is 23.5 Å². The van der Waals surface area contributed by atoms with E-state index >= 15 is 0 Å². The number of amides is 2. The fraction of sp³-hybridized carbons (Fsp3) is 0.471. The highest BCUT2D eigenvalue weighted by molar-refractivity contribution is 5.89. The molecule has 1 aliphatic heterocycles. The van der Waals surface area contributed by atoms with Crippen molar-refractivity contribution in [2.45, 2.75) is 26.2 Å². The Balaban J connectivity index is 1.54. The van der Waals surface area contributed by atoms with E-state index < -0.39 is 5.92 Å². The van der Waals surface area contributed by atoms with Crippen molar-refractivity contribution in [1.82, 2.24) is 4.90 Å². The Morgan fingerprint density at radius 1 is 1.26 bits per heavy atom. The lowest BCUT2D eigenvalue weighted by Gasteiger charge is -2.15. The molecule has 1 atom stereocenters.